The molecule has 4 N–H and O–H groups in total. The molecule has 0 amide bonds. The molecule has 0 aromatic carbocycles. The van der Waals surface area contributed by atoms with E-state index in [2.05, 4.69) is 15.4 Å². The van der Waals surface area contributed by atoms with Crippen molar-refractivity contribution in [3.63, 3.8) is 0 Å². The maximum atomic E-state index is 11.6. The summed E-state index contributed by atoms with van der Waals surface area (Å²) in [4.78, 5) is 11.6. The van der Waals surface area contributed by atoms with Crippen LogP contribution in [0.25, 0.3) is 0 Å². The van der Waals surface area contributed by atoms with Gasteiger partial charge < -0.3 is 10.9 Å². The molecule has 1 aliphatic rings. The maximum Gasteiger partial charge on any atom is 0.343 e. The van der Waals surface area contributed by atoms with Gasteiger partial charge in [0.25, 0.3) is 0 Å². The molecule has 2 rings (SSSR count). The molecule has 1 aromatic heterocycles. The third kappa shape index (κ3) is 3.31. The highest BCUT2D eigenvalue weighted by molar-refractivity contribution is 7.99. The first-order chi connectivity index (χ1) is 9.10. The van der Waals surface area contributed by atoms with Crippen LogP contribution in [-0.4, -0.2) is 31.6 Å². The zero-order valence-corrected chi connectivity index (χ0v) is 11.7. The monoisotopic (exact) mass is 285 g/mol. The van der Waals surface area contributed by atoms with Gasteiger partial charge in [-0.25, -0.2) is 9.89 Å². The number of nitrogens with zero attached hydrogens (tertiary/aromatic N) is 3. The second kappa shape index (κ2) is 5.68. The molecule has 0 bridgehead atoms. The minimum absolute atomic E-state index is 0.104. The number of aromatic nitrogens is 3. The normalized spacial score (nSPS) is 17.6. The molecule has 19 heavy (non-hydrogen) atoms. The Morgan fingerprint density at radius 2 is 2.42 bits per heavy atom. The van der Waals surface area contributed by atoms with Gasteiger partial charge in [-0.2, -0.15) is 0 Å². The van der Waals surface area contributed by atoms with Gasteiger partial charge in [0, 0.05) is 18.7 Å². The van der Waals surface area contributed by atoms with E-state index < -0.39 is 0 Å². The van der Waals surface area contributed by atoms with Gasteiger partial charge >= 0.3 is 5.69 Å². The third-order valence-electron chi connectivity index (χ3n) is 3.32. The minimum atomic E-state index is -0.161. The molecule has 1 aromatic rings. The summed E-state index contributed by atoms with van der Waals surface area (Å²) >= 11 is 1.56. The Balaban J connectivity index is 1.97. The number of H-pyrrole nitrogens is 1. The standard InChI is InChI=1S/C11H19N5O2S/c1-2-5-16-9(17)13-14-10(16)19-7-11(3-4-11)6-8(12)15-18/h18H,2-7H2,1H3,(H2,12,15)(H,13,17). The molecule has 0 radical (unpaired) electrons. The van der Waals surface area contributed by atoms with Gasteiger partial charge in [-0.1, -0.05) is 23.8 Å². The first-order valence-corrected chi connectivity index (χ1v) is 7.33. The van der Waals surface area contributed by atoms with Crippen LogP contribution in [0.1, 0.15) is 32.6 Å². The Labute approximate surface area is 115 Å². The van der Waals surface area contributed by atoms with E-state index in [0.29, 0.717) is 13.0 Å². The summed E-state index contributed by atoms with van der Waals surface area (Å²) in [6.45, 7) is 2.69. The van der Waals surface area contributed by atoms with Gasteiger partial charge in [0.15, 0.2) is 5.16 Å². The number of nitrogens with one attached hydrogen (secondary N) is 1. The van der Waals surface area contributed by atoms with Crippen molar-refractivity contribution in [1.29, 1.82) is 0 Å². The molecule has 1 heterocycles. The van der Waals surface area contributed by atoms with E-state index in [9.17, 15) is 4.79 Å². The van der Waals surface area contributed by atoms with Crippen molar-refractivity contribution in [2.75, 3.05) is 5.75 Å². The molecule has 0 saturated heterocycles. The number of thioether (sulfide) groups is 1. The summed E-state index contributed by atoms with van der Waals surface area (Å²) in [7, 11) is 0. The highest BCUT2D eigenvalue weighted by atomic mass is 32.2. The molecule has 0 unspecified atom stereocenters. The van der Waals surface area contributed by atoms with Crippen LogP contribution < -0.4 is 11.4 Å². The molecule has 7 nitrogen and oxygen atoms in total. The van der Waals surface area contributed by atoms with Crippen LogP contribution in [0, 0.1) is 5.41 Å². The van der Waals surface area contributed by atoms with Crippen LogP contribution in [0.15, 0.2) is 15.1 Å². The van der Waals surface area contributed by atoms with Crippen LogP contribution in [0.5, 0.6) is 0 Å². The average molecular weight is 285 g/mol. The summed E-state index contributed by atoms with van der Waals surface area (Å²) in [5, 5.41) is 18.9. The summed E-state index contributed by atoms with van der Waals surface area (Å²) < 4.78 is 1.66. The van der Waals surface area contributed by atoms with E-state index in [-0.39, 0.29) is 16.9 Å². The van der Waals surface area contributed by atoms with Crippen molar-refractivity contribution in [3.8, 4) is 0 Å². The number of rotatable bonds is 7. The fourth-order valence-corrected chi connectivity index (χ4v) is 3.29. The lowest BCUT2D eigenvalue weighted by molar-refractivity contribution is 0.315. The predicted octanol–water partition coefficient (Wildman–Crippen LogP) is 0.990. The van der Waals surface area contributed by atoms with Gasteiger partial charge in [0.2, 0.25) is 0 Å². The van der Waals surface area contributed by atoms with Gasteiger partial charge in [-0.15, -0.1) is 5.10 Å². The third-order valence-corrected chi connectivity index (χ3v) is 4.65. The van der Waals surface area contributed by atoms with Crippen LogP contribution >= 0.6 is 11.8 Å². The zero-order chi connectivity index (χ0) is 13.9. The number of hydrogen-bond acceptors (Lipinski definition) is 5. The van der Waals surface area contributed by atoms with Crippen molar-refractivity contribution in [1.82, 2.24) is 14.8 Å². The number of oxime groups is 1. The van der Waals surface area contributed by atoms with Crippen LogP contribution in [-0.2, 0) is 6.54 Å². The molecule has 0 spiro atoms. The highest BCUT2D eigenvalue weighted by Crippen LogP contribution is 2.51. The lowest BCUT2D eigenvalue weighted by atomic mass is 10.1. The van der Waals surface area contributed by atoms with Gasteiger partial charge in [0.1, 0.15) is 5.84 Å². The molecule has 0 aliphatic heterocycles. The predicted molar refractivity (Wildman–Crippen MR) is 73.6 cm³/mol. The molecular formula is C11H19N5O2S. The van der Waals surface area contributed by atoms with Crippen molar-refractivity contribution in [3.05, 3.63) is 10.5 Å². The summed E-state index contributed by atoms with van der Waals surface area (Å²) in [5.41, 5.74) is 5.51. The fraction of sp³-hybridized carbons (Fsp3) is 0.727. The summed E-state index contributed by atoms with van der Waals surface area (Å²) in [6, 6.07) is 0. The van der Waals surface area contributed by atoms with E-state index in [4.69, 9.17) is 10.9 Å². The molecule has 106 valence electrons. The van der Waals surface area contributed by atoms with Crippen LogP contribution in [0.3, 0.4) is 0 Å². The lowest BCUT2D eigenvalue weighted by Gasteiger charge is -2.13. The smallest absolute Gasteiger partial charge is 0.343 e. The summed E-state index contributed by atoms with van der Waals surface area (Å²) in [5.74, 6) is 1.10. The Kier molecular flexibility index (Phi) is 4.18. The van der Waals surface area contributed by atoms with Crippen molar-refractivity contribution >= 4 is 17.6 Å². The molecule has 1 saturated carbocycles. The minimum Gasteiger partial charge on any atom is -0.409 e. The highest BCUT2D eigenvalue weighted by Gasteiger charge is 2.43. The Hall–Kier alpha value is -1.44. The fourth-order valence-electron chi connectivity index (χ4n) is 2.02. The second-order valence-corrected chi connectivity index (χ2v) is 5.96. The molecular weight excluding hydrogens is 266 g/mol. The van der Waals surface area contributed by atoms with Gasteiger partial charge in [-0.05, 0) is 24.7 Å². The first-order valence-electron chi connectivity index (χ1n) is 6.34. The topological polar surface area (TPSA) is 109 Å². The second-order valence-electron chi connectivity index (χ2n) is 5.02. The zero-order valence-electron chi connectivity index (χ0n) is 10.9. The summed E-state index contributed by atoms with van der Waals surface area (Å²) in [6.07, 6.45) is 3.62. The van der Waals surface area contributed by atoms with Crippen molar-refractivity contribution in [2.45, 2.75) is 44.3 Å². The van der Waals surface area contributed by atoms with Gasteiger partial charge in [-0.3, -0.25) is 4.57 Å². The largest absolute Gasteiger partial charge is 0.409 e. The van der Waals surface area contributed by atoms with Crippen molar-refractivity contribution in [2.24, 2.45) is 16.3 Å². The SMILES string of the molecule is CCCn1c(SCC2(CC(N)=NO)CC2)n[nH]c1=O. The number of hydrogen-bond donors (Lipinski definition) is 3. The molecule has 8 heteroatoms. The van der Waals surface area contributed by atoms with E-state index in [1.165, 1.54) is 0 Å². The Bertz CT molecular complexity index is 517. The first kappa shape index (κ1) is 14.0. The van der Waals surface area contributed by atoms with Crippen LogP contribution in [0.4, 0.5) is 0 Å². The number of aromatic amines is 1. The maximum absolute atomic E-state index is 11.6. The Morgan fingerprint density at radius 1 is 1.68 bits per heavy atom. The average Bonchev–Trinajstić information content (AvgIpc) is 3.08. The quantitative estimate of drug-likeness (QED) is 0.227. The van der Waals surface area contributed by atoms with Gasteiger partial charge in [0.05, 0.1) is 0 Å². The molecule has 1 fully saturated rings. The van der Waals surface area contributed by atoms with E-state index in [1.807, 2.05) is 6.92 Å². The van der Waals surface area contributed by atoms with E-state index >= 15 is 0 Å². The van der Waals surface area contributed by atoms with Crippen molar-refractivity contribution < 1.29 is 5.21 Å². The Morgan fingerprint density at radius 3 is 3.00 bits per heavy atom. The van der Waals surface area contributed by atoms with E-state index in [0.717, 1.165) is 30.2 Å². The number of amidine groups is 1. The number of nitrogens with two attached hydrogens (primary N) is 1. The van der Waals surface area contributed by atoms with Crippen LogP contribution in [0.2, 0.25) is 0 Å². The van der Waals surface area contributed by atoms with E-state index in [1.54, 1.807) is 16.3 Å². The molecule has 0 atom stereocenters. The molecule has 1 aliphatic carbocycles. The lowest BCUT2D eigenvalue weighted by Crippen LogP contribution is -2.20.